The first-order valence-electron chi connectivity index (χ1n) is 12.2. The molecule has 7 nitrogen and oxygen atoms in total. The molecule has 0 spiro atoms. The maximum absolute atomic E-state index is 14.0. The molecular formula is C29H28Cl2FN5O2. The van der Waals surface area contributed by atoms with Crippen molar-refractivity contribution in [2.24, 2.45) is 0 Å². The Morgan fingerprint density at radius 1 is 1.10 bits per heavy atom. The molecule has 2 heterocycles. The van der Waals surface area contributed by atoms with E-state index in [1.807, 2.05) is 43.3 Å². The standard InChI is InChI=1S/C29H28Cl2FN5O2/c1-17(26-22(30)10-11-23(32)27(26)31)39-25-13-21(15-35-28(25)33)18-6-8-19(9-7-18)29(38)36-16-24(37(2)3)20-5-4-12-34-14-20/h4-15,17,24H,16H2,1-3H3,(H2,33,35)(H,36,38). The zero-order valence-corrected chi connectivity index (χ0v) is 23.2. The fraction of sp³-hybridized carbons (Fsp3) is 0.207. The number of nitrogens with one attached hydrogen (secondary N) is 1. The quantitative estimate of drug-likeness (QED) is 0.229. The third-order valence-electron chi connectivity index (χ3n) is 6.30. The van der Waals surface area contributed by atoms with Gasteiger partial charge in [-0.15, -0.1) is 0 Å². The van der Waals surface area contributed by atoms with Gasteiger partial charge in [0, 0.05) is 46.8 Å². The van der Waals surface area contributed by atoms with Gasteiger partial charge in [-0.25, -0.2) is 9.37 Å². The van der Waals surface area contributed by atoms with Crippen molar-refractivity contribution in [2.75, 3.05) is 26.4 Å². The van der Waals surface area contributed by atoms with Crippen LogP contribution in [0.1, 0.15) is 40.6 Å². The second kappa shape index (κ2) is 12.4. The van der Waals surface area contributed by atoms with Gasteiger partial charge in [0.25, 0.3) is 5.91 Å². The molecule has 0 saturated heterocycles. The largest absolute Gasteiger partial charge is 0.482 e. The second-order valence-corrected chi connectivity index (χ2v) is 9.96. The molecule has 3 N–H and O–H groups in total. The topological polar surface area (TPSA) is 93.4 Å². The van der Waals surface area contributed by atoms with Gasteiger partial charge < -0.3 is 20.7 Å². The Morgan fingerprint density at radius 3 is 2.51 bits per heavy atom. The number of rotatable bonds is 9. The molecule has 2 aromatic carbocycles. The Labute approximate surface area is 236 Å². The monoisotopic (exact) mass is 567 g/mol. The summed E-state index contributed by atoms with van der Waals surface area (Å²) in [5.74, 6) is -0.322. The Hall–Kier alpha value is -3.72. The average Bonchev–Trinajstić information content (AvgIpc) is 2.93. The van der Waals surface area contributed by atoms with Crippen molar-refractivity contribution < 1.29 is 13.9 Å². The minimum absolute atomic E-state index is 0.0132. The van der Waals surface area contributed by atoms with Crippen molar-refractivity contribution in [1.29, 1.82) is 0 Å². The highest BCUT2D eigenvalue weighted by Gasteiger charge is 2.20. The van der Waals surface area contributed by atoms with E-state index in [0.717, 1.165) is 16.7 Å². The number of likely N-dealkylation sites (N-methyl/N-ethyl adjacent to an activating group) is 1. The second-order valence-electron chi connectivity index (χ2n) is 9.18. The molecule has 39 heavy (non-hydrogen) atoms. The number of aromatic nitrogens is 2. The minimum atomic E-state index is -0.691. The number of anilines is 1. The summed E-state index contributed by atoms with van der Waals surface area (Å²) in [4.78, 5) is 23.3. The molecular weight excluding hydrogens is 540 g/mol. The van der Waals surface area contributed by atoms with E-state index in [1.54, 1.807) is 43.7 Å². The third-order valence-corrected chi connectivity index (χ3v) is 7.01. The smallest absolute Gasteiger partial charge is 0.251 e. The number of carbonyl (C=O) groups is 1. The minimum Gasteiger partial charge on any atom is -0.482 e. The molecule has 0 aliphatic rings. The van der Waals surface area contributed by atoms with Crippen LogP contribution >= 0.6 is 23.2 Å². The molecule has 0 saturated carbocycles. The number of nitrogens with zero attached hydrogens (tertiary/aromatic N) is 3. The molecule has 4 rings (SSSR count). The molecule has 4 aromatic rings. The van der Waals surface area contributed by atoms with Gasteiger partial charge in [0.1, 0.15) is 11.9 Å². The van der Waals surface area contributed by atoms with Crippen LogP contribution in [0.3, 0.4) is 0 Å². The third kappa shape index (κ3) is 6.65. The van der Waals surface area contributed by atoms with Gasteiger partial charge in [-0.2, -0.15) is 0 Å². The highest BCUT2D eigenvalue weighted by Crippen LogP contribution is 2.37. The van der Waals surface area contributed by atoms with Crippen LogP contribution in [-0.4, -0.2) is 41.4 Å². The van der Waals surface area contributed by atoms with Gasteiger partial charge in [0.05, 0.1) is 11.1 Å². The van der Waals surface area contributed by atoms with Crippen LogP contribution in [0.25, 0.3) is 11.1 Å². The van der Waals surface area contributed by atoms with Gasteiger partial charge in [-0.3, -0.25) is 9.78 Å². The van der Waals surface area contributed by atoms with E-state index < -0.39 is 11.9 Å². The molecule has 0 aliphatic heterocycles. The van der Waals surface area contributed by atoms with Gasteiger partial charge in [-0.1, -0.05) is 41.4 Å². The first-order valence-corrected chi connectivity index (χ1v) is 12.9. The van der Waals surface area contributed by atoms with Crippen LogP contribution in [0.4, 0.5) is 10.2 Å². The number of hydrogen-bond donors (Lipinski definition) is 2. The van der Waals surface area contributed by atoms with Gasteiger partial charge in [-0.05, 0) is 68.5 Å². The predicted octanol–water partition coefficient (Wildman–Crippen LogP) is 6.34. The van der Waals surface area contributed by atoms with E-state index in [-0.39, 0.29) is 27.8 Å². The van der Waals surface area contributed by atoms with Gasteiger partial charge >= 0.3 is 0 Å². The van der Waals surface area contributed by atoms with Crippen molar-refractivity contribution in [3.8, 4) is 16.9 Å². The lowest BCUT2D eigenvalue weighted by Crippen LogP contribution is -2.34. The molecule has 0 fully saturated rings. The Morgan fingerprint density at radius 2 is 1.85 bits per heavy atom. The van der Waals surface area contributed by atoms with Crippen LogP contribution < -0.4 is 15.8 Å². The molecule has 0 aliphatic carbocycles. The highest BCUT2D eigenvalue weighted by atomic mass is 35.5. The van der Waals surface area contributed by atoms with Crippen LogP contribution in [0.5, 0.6) is 5.75 Å². The Kier molecular flexibility index (Phi) is 9.01. The fourth-order valence-corrected chi connectivity index (χ4v) is 4.83. The van der Waals surface area contributed by atoms with Crippen molar-refractivity contribution in [3.63, 3.8) is 0 Å². The summed E-state index contributed by atoms with van der Waals surface area (Å²) in [6.07, 6.45) is 4.44. The number of amides is 1. The molecule has 10 heteroatoms. The SMILES string of the molecule is CC(Oc1cc(-c2ccc(C(=O)NCC(c3cccnc3)N(C)C)cc2)cnc1N)c1c(Cl)ccc(F)c1Cl. The van der Waals surface area contributed by atoms with Crippen molar-refractivity contribution in [2.45, 2.75) is 19.1 Å². The van der Waals surface area contributed by atoms with E-state index in [1.165, 1.54) is 12.1 Å². The lowest BCUT2D eigenvalue weighted by atomic mass is 10.0. The van der Waals surface area contributed by atoms with Gasteiger partial charge in [0.2, 0.25) is 0 Å². The molecule has 1 amide bonds. The molecule has 2 unspecified atom stereocenters. The summed E-state index contributed by atoms with van der Waals surface area (Å²) in [6, 6.07) is 15.3. The fourth-order valence-electron chi connectivity index (χ4n) is 4.15. The summed E-state index contributed by atoms with van der Waals surface area (Å²) in [6.45, 7) is 2.13. The lowest BCUT2D eigenvalue weighted by molar-refractivity contribution is 0.0942. The van der Waals surface area contributed by atoms with E-state index in [9.17, 15) is 9.18 Å². The normalized spacial score (nSPS) is 12.7. The maximum atomic E-state index is 14.0. The van der Waals surface area contributed by atoms with E-state index in [2.05, 4.69) is 15.3 Å². The number of hydrogen-bond acceptors (Lipinski definition) is 6. The summed E-state index contributed by atoms with van der Waals surface area (Å²) >= 11 is 12.4. The van der Waals surface area contributed by atoms with Crippen LogP contribution in [0.2, 0.25) is 10.0 Å². The Balaban J connectivity index is 1.47. The van der Waals surface area contributed by atoms with Crippen molar-refractivity contribution in [3.05, 3.63) is 106 Å². The number of halogens is 3. The summed E-state index contributed by atoms with van der Waals surface area (Å²) < 4.78 is 20.0. The molecule has 0 bridgehead atoms. The van der Waals surface area contributed by atoms with Crippen LogP contribution in [-0.2, 0) is 0 Å². The number of carbonyl (C=O) groups excluding carboxylic acids is 1. The number of nitrogens with two attached hydrogens (primary N) is 1. The number of benzene rings is 2. The zero-order valence-electron chi connectivity index (χ0n) is 21.7. The first-order chi connectivity index (χ1) is 18.7. The lowest BCUT2D eigenvalue weighted by Gasteiger charge is -2.24. The Bertz CT molecular complexity index is 1450. The summed E-state index contributed by atoms with van der Waals surface area (Å²) in [5, 5.41) is 3.17. The molecule has 2 aromatic heterocycles. The highest BCUT2D eigenvalue weighted by molar-refractivity contribution is 6.36. The average molecular weight is 568 g/mol. The number of nitrogen functional groups attached to an aromatic ring is 1. The number of ether oxygens (including phenoxy) is 1. The van der Waals surface area contributed by atoms with Crippen LogP contribution in [0, 0.1) is 5.82 Å². The van der Waals surface area contributed by atoms with E-state index >= 15 is 0 Å². The zero-order chi connectivity index (χ0) is 28.1. The summed E-state index contributed by atoms with van der Waals surface area (Å²) in [5.41, 5.74) is 9.43. The summed E-state index contributed by atoms with van der Waals surface area (Å²) in [7, 11) is 3.92. The van der Waals surface area contributed by atoms with E-state index in [0.29, 0.717) is 23.4 Å². The van der Waals surface area contributed by atoms with Crippen molar-refractivity contribution >= 4 is 34.9 Å². The first kappa shape index (κ1) is 28.3. The van der Waals surface area contributed by atoms with Crippen molar-refractivity contribution in [1.82, 2.24) is 20.2 Å². The van der Waals surface area contributed by atoms with Gasteiger partial charge in [0.15, 0.2) is 11.6 Å². The molecule has 2 atom stereocenters. The molecule has 0 radical (unpaired) electrons. The van der Waals surface area contributed by atoms with E-state index in [4.69, 9.17) is 33.7 Å². The van der Waals surface area contributed by atoms with Crippen LogP contribution in [0.15, 0.2) is 73.2 Å². The predicted molar refractivity (Wildman–Crippen MR) is 153 cm³/mol. The molecule has 202 valence electrons. The number of pyridine rings is 2. The maximum Gasteiger partial charge on any atom is 0.251 e.